The molecule has 2 aromatic heterocycles. The summed E-state index contributed by atoms with van der Waals surface area (Å²) in [5.74, 6) is -0.792. The summed E-state index contributed by atoms with van der Waals surface area (Å²) in [4.78, 5) is 30.1. The van der Waals surface area contributed by atoms with Crippen LogP contribution in [0.15, 0.2) is 90.6 Å². The van der Waals surface area contributed by atoms with Gasteiger partial charge in [-0.3, -0.25) is 9.78 Å². The molecule has 8 heteroatoms. The molecule has 33 heavy (non-hydrogen) atoms. The lowest BCUT2D eigenvalue weighted by molar-refractivity contribution is -0.124. The summed E-state index contributed by atoms with van der Waals surface area (Å²) in [6, 6.07) is 19.1. The van der Waals surface area contributed by atoms with E-state index >= 15 is 0 Å². The minimum Gasteiger partial charge on any atom is -0.455 e. The number of ether oxygens (including phenoxy) is 2. The van der Waals surface area contributed by atoms with Crippen LogP contribution >= 0.6 is 11.3 Å². The van der Waals surface area contributed by atoms with E-state index in [1.54, 1.807) is 54.7 Å². The molecule has 166 valence electrons. The fourth-order valence-electron chi connectivity index (χ4n) is 3.10. The van der Waals surface area contributed by atoms with Crippen molar-refractivity contribution in [1.82, 2.24) is 10.3 Å². The summed E-state index contributed by atoms with van der Waals surface area (Å²) in [5.41, 5.74) is 0.899. The van der Waals surface area contributed by atoms with E-state index in [9.17, 15) is 14.0 Å². The normalized spacial score (nSPS) is 11.4. The molecule has 0 aliphatic rings. The lowest BCUT2D eigenvalue weighted by Crippen LogP contribution is -2.32. The number of nitrogens with one attached hydrogen (secondary N) is 1. The third-order valence-corrected chi connectivity index (χ3v) is 5.58. The van der Waals surface area contributed by atoms with Gasteiger partial charge in [-0.05, 0) is 53.4 Å². The largest absolute Gasteiger partial charge is 0.455 e. The van der Waals surface area contributed by atoms with Gasteiger partial charge >= 0.3 is 5.97 Å². The Balaban J connectivity index is 1.42. The highest BCUT2D eigenvalue weighted by Crippen LogP contribution is 2.27. The second-order valence-corrected chi connectivity index (χ2v) is 7.91. The number of para-hydroxylation sites is 1. The van der Waals surface area contributed by atoms with Gasteiger partial charge in [0.1, 0.15) is 22.9 Å². The van der Waals surface area contributed by atoms with Crippen molar-refractivity contribution in [1.29, 1.82) is 0 Å². The molecule has 0 fully saturated rings. The van der Waals surface area contributed by atoms with E-state index in [-0.39, 0.29) is 11.4 Å². The van der Waals surface area contributed by atoms with Gasteiger partial charge in [0, 0.05) is 11.1 Å². The molecule has 0 radical (unpaired) electrons. The first kappa shape index (κ1) is 22.2. The standard InChI is InChI=1S/C25H19FN2O4S/c26-18-11-9-17(10-12-18)24(22-8-4-14-33-22)28-23(29)16-31-25(30)20-6-1-2-7-21(20)32-19-5-3-13-27-15-19/h1-15,24H,16H2,(H,28,29). The number of carbonyl (C=O) groups excluding carboxylic acids is 2. The van der Waals surface area contributed by atoms with Crippen LogP contribution in [0.2, 0.25) is 0 Å². The molecular weight excluding hydrogens is 443 g/mol. The lowest BCUT2D eigenvalue weighted by Gasteiger charge is -2.18. The second-order valence-electron chi connectivity index (χ2n) is 6.93. The minimum atomic E-state index is -0.695. The second kappa shape index (κ2) is 10.5. The van der Waals surface area contributed by atoms with Gasteiger partial charge in [0.2, 0.25) is 0 Å². The van der Waals surface area contributed by atoms with E-state index in [2.05, 4.69) is 10.3 Å². The van der Waals surface area contributed by atoms with Crippen LogP contribution in [-0.2, 0) is 9.53 Å². The number of hydrogen-bond donors (Lipinski definition) is 1. The molecule has 2 aromatic carbocycles. The Kier molecular flexibility index (Phi) is 7.06. The molecule has 1 N–H and O–H groups in total. The number of thiophene rings is 1. The molecule has 6 nitrogen and oxygen atoms in total. The first-order valence-corrected chi connectivity index (χ1v) is 10.9. The molecule has 1 unspecified atom stereocenters. The summed E-state index contributed by atoms with van der Waals surface area (Å²) in [5, 5.41) is 4.73. The van der Waals surface area contributed by atoms with Crippen molar-refractivity contribution in [2.45, 2.75) is 6.04 Å². The Morgan fingerprint density at radius 2 is 1.82 bits per heavy atom. The monoisotopic (exact) mass is 462 g/mol. The van der Waals surface area contributed by atoms with Crippen LogP contribution in [0.4, 0.5) is 4.39 Å². The molecule has 4 rings (SSSR count). The fourth-order valence-corrected chi connectivity index (χ4v) is 3.90. The lowest BCUT2D eigenvalue weighted by atomic mass is 10.1. The molecule has 0 aliphatic heterocycles. The van der Waals surface area contributed by atoms with Crippen LogP contribution in [-0.4, -0.2) is 23.5 Å². The maximum absolute atomic E-state index is 13.3. The number of nitrogens with zero attached hydrogens (tertiary/aromatic N) is 1. The summed E-state index contributed by atoms with van der Waals surface area (Å²) < 4.78 is 24.3. The van der Waals surface area contributed by atoms with E-state index in [1.165, 1.54) is 29.7 Å². The highest BCUT2D eigenvalue weighted by atomic mass is 32.1. The van der Waals surface area contributed by atoms with Crippen molar-refractivity contribution in [2.75, 3.05) is 6.61 Å². The fraction of sp³-hybridized carbons (Fsp3) is 0.0800. The number of rotatable bonds is 8. The quantitative estimate of drug-likeness (QED) is 0.367. The van der Waals surface area contributed by atoms with Crippen molar-refractivity contribution in [2.24, 2.45) is 0 Å². The van der Waals surface area contributed by atoms with Gasteiger partial charge in [0.25, 0.3) is 5.91 Å². The first-order chi connectivity index (χ1) is 16.1. The summed E-state index contributed by atoms with van der Waals surface area (Å²) >= 11 is 1.46. The Morgan fingerprint density at radius 3 is 2.55 bits per heavy atom. The van der Waals surface area contributed by atoms with Crippen LogP contribution in [0.25, 0.3) is 0 Å². The maximum atomic E-state index is 13.3. The van der Waals surface area contributed by atoms with Crippen LogP contribution < -0.4 is 10.1 Å². The molecule has 1 amide bonds. The molecule has 1 atom stereocenters. The summed E-state index contributed by atoms with van der Waals surface area (Å²) in [6.45, 7) is -0.483. The predicted octanol–water partition coefficient (Wildman–Crippen LogP) is 5.14. The Labute approximate surface area is 193 Å². The zero-order chi connectivity index (χ0) is 23.0. The van der Waals surface area contributed by atoms with Crippen LogP contribution in [0.3, 0.4) is 0 Å². The number of aromatic nitrogens is 1. The Hall–Kier alpha value is -4.04. The number of hydrogen-bond acceptors (Lipinski definition) is 6. The van der Waals surface area contributed by atoms with Gasteiger partial charge in [-0.2, -0.15) is 0 Å². The average molecular weight is 463 g/mol. The van der Waals surface area contributed by atoms with Gasteiger partial charge in [0.05, 0.1) is 12.2 Å². The first-order valence-electron chi connectivity index (χ1n) is 10.0. The number of esters is 1. The van der Waals surface area contributed by atoms with E-state index in [1.807, 2.05) is 17.5 Å². The van der Waals surface area contributed by atoms with Crippen molar-refractivity contribution < 1.29 is 23.5 Å². The Morgan fingerprint density at radius 1 is 1.00 bits per heavy atom. The number of halogens is 1. The number of amides is 1. The Bertz CT molecular complexity index is 1210. The van der Waals surface area contributed by atoms with E-state index in [0.717, 1.165) is 4.88 Å². The van der Waals surface area contributed by atoms with Crippen LogP contribution in [0.5, 0.6) is 11.5 Å². The van der Waals surface area contributed by atoms with Crippen LogP contribution in [0, 0.1) is 5.82 Å². The molecule has 0 saturated heterocycles. The van der Waals surface area contributed by atoms with Gasteiger partial charge in [-0.25, -0.2) is 9.18 Å². The third-order valence-electron chi connectivity index (χ3n) is 4.64. The predicted molar refractivity (Wildman–Crippen MR) is 122 cm³/mol. The van der Waals surface area contributed by atoms with Crippen LogP contribution in [0.1, 0.15) is 26.8 Å². The summed E-state index contributed by atoms with van der Waals surface area (Å²) in [7, 11) is 0. The van der Waals surface area contributed by atoms with Gasteiger partial charge in [-0.15, -0.1) is 11.3 Å². The average Bonchev–Trinajstić information content (AvgIpc) is 3.37. The van der Waals surface area contributed by atoms with Gasteiger partial charge in [-0.1, -0.05) is 30.3 Å². The molecule has 2 heterocycles. The zero-order valence-electron chi connectivity index (χ0n) is 17.3. The molecular formula is C25H19FN2O4S. The zero-order valence-corrected chi connectivity index (χ0v) is 18.1. The van der Waals surface area contributed by atoms with E-state index in [4.69, 9.17) is 9.47 Å². The highest BCUT2D eigenvalue weighted by Gasteiger charge is 2.20. The maximum Gasteiger partial charge on any atom is 0.342 e. The molecule has 4 aromatic rings. The smallest absolute Gasteiger partial charge is 0.342 e. The summed E-state index contributed by atoms with van der Waals surface area (Å²) in [6.07, 6.45) is 3.14. The minimum absolute atomic E-state index is 0.183. The topological polar surface area (TPSA) is 77.5 Å². The third kappa shape index (κ3) is 5.81. The molecule has 0 spiro atoms. The SMILES string of the molecule is O=C(COC(=O)c1ccccc1Oc1cccnc1)NC(c1ccc(F)cc1)c1cccs1. The molecule has 0 aliphatic carbocycles. The number of carbonyl (C=O) groups is 2. The van der Waals surface area contributed by atoms with Gasteiger partial charge in [0.15, 0.2) is 6.61 Å². The number of pyridine rings is 1. The van der Waals surface area contributed by atoms with Crippen molar-refractivity contribution in [3.8, 4) is 11.5 Å². The van der Waals surface area contributed by atoms with Crippen molar-refractivity contribution in [3.63, 3.8) is 0 Å². The number of benzene rings is 2. The van der Waals surface area contributed by atoms with Gasteiger partial charge < -0.3 is 14.8 Å². The van der Waals surface area contributed by atoms with Crippen molar-refractivity contribution in [3.05, 3.63) is 112 Å². The molecule has 0 bridgehead atoms. The van der Waals surface area contributed by atoms with E-state index in [0.29, 0.717) is 17.1 Å². The highest BCUT2D eigenvalue weighted by molar-refractivity contribution is 7.10. The van der Waals surface area contributed by atoms with E-state index < -0.39 is 24.5 Å². The van der Waals surface area contributed by atoms with Crippen molar-refractivity contribution >= 4 is 23.2 Å². The molecule has 0 saturated carbocycles.